The third-order valence-electron chi connectivity index (χ3n) is 3.29. The second-order valence-corrected chi connectivity index (χ2v) is 13.7. The molecule has 0 N–H and O–H groups in total. The zero-order valence-electron chi connectivity index (χ0n) is 10.2. The Labute approximate surface area is 131 Å². The zero-order valence-corrected chi connectivity index (χ0v) is 14.2. The van der Waals surface area contributed by atoms with Crippen molar-refractivity contribution in [3.8, 4) is 0 Å². The Morgan fingerprint density at radius 3 is 2.05 bits per heavy atom. The second-order valence-electron chi connectivity index (χ2n) is 4.37. The molecule has 0 aliphatic heterocycles. The number of halogens is 1. The Hall–Kier alpha value is -0.728. The van der Waals surface area contributed by atoms with Gasteiger partial charge in [-0.25, -0.2) is 0 Å². The molecule has 0 spiro atoms. The summed E-state index contributed by atoms with van der Waals surface area (Å²) in [5.41, 5.74) is 0. The molecular formula is C16H13ClFeGe-6. The zero-order chi connectivity index (χ0) is 12.4. The summed E-state index contributed by atoms with van der Waals surface area (Å²) in [6.45, 7) is 0. The van der Waals surface area contributed by atoms with Crippen LogP contribution < -0.4 is 13.2 Å². The first-order chi connectivity index (χ1) is 8.82. The van der Waals surface area contributed by atoms with Crippen LogP contribution in [0.3, 0.4) is 0 Å². The SMILES string of the molecule is [Cl][Ge]([c]1ccccc1)([c-]1cccc1)[c-]1[cH-][cH-][cH-][cH-]1.[Fe]. The van der Waals surface area contributed by atoms with E-state index in [2.05, 4.69) is 72.8 Å². The van der Waals surface area contributed by atoms with Gasteiger partial charge in [0.1, 0.15) is 0 Å². The van der Waals surface area contributed by atoms with Crippen molar-refractivity contribution < 1.29 is 17.1 Å². The maximum absolute atomic E-state index is 7.19. The summed E-state index contributed by atoms with van der Waals surface area (Å²) in [4.78, 5) is 0. The molecule has 3 aromatic rings. The van der Waals surface area contributed by atoms with Crippen molar-refractivity contribution in [1.29, 1.82) is 0 Å². The third-order valence-corrected chi connectivity index (χ3v) is 13.8. The summed E-state index contributed by atoms with van der Waals surface area (Å²) in [6.07, 6.45) is 0. The number of hydrogen-bond acceptors (Lipinski definition) is 0. The number of rotatable bonds is 3. The first-order valence-electron chi connectivity index (χ1n) is 6.00. The van der Waals surface area contributed by atoms with Crippen LogP contribution in [-0.4, -0.2) is 12.3 Å². The van der Waals surface area contributed by atoms with Crippen molar-refractivity contribution in [2.24, 2.45) is 0 Å². The fourth-order valence-electron chi connectivity index (χ4n) is 2.38. The molecule has 0 aromatic heterocycles. The van der Waals surface area contributed by atoms with E-state index in [9.17, 15) is 0 Å². The van der Waals surface area contributed by atoms with Gasteiger partial charge < -0.3 is 0 Å². The molecule has 3 rings (SSSR count). The summed E-state index contributed by atoms with van der Waals surface area (Å²) in [5, 5.41) is 0. The van der Waals surface area contributed by atoms with Crippen LogP contribution in [0.5, 0.6) is 0 Å². The third kappa shape index (κ3) is 2.61. The van der Waals surface area contributed by atoms with Crippen molar-refractivity contribution >= 4 is 35.5 Å². The Balaban J connectivity index is 0.00000133. The average Bonchev–Trinajstić information content (AvgIpc) is 3.12. The Morgan fingerprint density at radius 2 is 1.47 bits per heavy atom. The molecule has 0 aliphatic carbocycles. The van der Waals surface area contributed by atoms with E-state index in [4.69, 9.17) is 10.0 Å². The van der Waals surface area contributed by atoms with Gasteiger partial charge in [0.15, 0.2) is 0 Å². The van der Waals surface area contributed by atoms with Crippen LogP contribution in [0.1, 0.15) is 0 Å². The van der Waals surface area contributed by atoms with Crippen LogP contribution in [0.2, 0.25) is 0 Å². The first-order valence-corrected chi connectivity index (χ1v) is 11.9. The molecule has 0 saturated heterocycles. The average molecular weight is 369 g/mol. The smallest absolute Gasteiger partial charge is 0 e. The van der Waals surface area contributed by atoms with E-state index < -0.39 is 12.3 Å². The van der Waals surface area contributed by atoms with E-state index in [-0.39, 0.29) is 17.1 Å². The molecule has 3 aromatic carbocycles. The van der Waals surface area contributed by atoms with Gasteiger partial charge >= 0.3 is 114 Å². The minimum Gasteiger partial charge on any atom is 0 e. The molecule has 0 aliphatic rings. The van der Waals surface area contributed by atoms with Crippen LogP contribution in [0.4, 0.5) is 0 Å². The molecule has 3 heteroatoms. The fraction of sp³-hybridized carbons (Fsp3) is 0. The molecule has 0 nitrogen and oxygen atoms in total. The standard InChI is InChI=1S/C16H13ClGe.Fe/c17-18(15-10-4-5-11-15,16-12-6-7-13-16)14-8-2-1-3-9-14;/h1-13H;/q-6;. The Bertz CT molecular complexity index is 565. The van der Waals surface area contributed by atoms with E-state index in [1.54, 1.807) is 0 Å². The van der Waals surface area contributed by atoms with Crippen molar-refractivity contribution in [1.82, 2.24) is 0 Å². The van der Waals surface area contributed by atoms with E-state index >= 15 is 0 Å². The van der Waals surface area contributed by atoms with Gasteiger partial charge in [-0.05, 0) is 0 Å². The van der Waals surface area contributed by atoms with Gasteiger partial charge in [-0.15, -0.1) is 0 Å². The molecular weight excluding hydrogens is 356 g/mol. The molecule has 0 saturated carbocycles. The topological polar surface area (TPSA) is 0 Å². The minimum absolute atomic E-state index is 0. The first kappa shape index (κ1) is 14.7. The molecule has 0 unspecified atom stereocenters. The molecule has 19 heavy (non-hydrogen) atoms. The molecule has 102 valence electrons. The Morgan fingerprint density at radius 1 is 0.895 bits per heavy atom. The predicted octanol–water partition coefficient (Wildman–Crippen LogP) is 2.33. The molecule has 0 fully saturated rings. The largest absolute Gasteiger partial charge is 0 e. The van der Waals surface area contributed by atoms with Gasteiger partial charge in [0.05, 0.1) is 0 Å². The van der Waals surface area contributed by atoms with Crippen molar-refractivity contribution in [2.75, 3.05) is 0 Å². The normalized spacial score (nSPS) is 13.5. The summed E-state index contributed by atoms with van der Waals surface area (Å²) in [6, 6.07) is 27.4. The second kappa shape index (κ2) is 6.15. The van der Waals surface area contributed by atoms with Crippen molar-refractivity contribution in [3.05, 3.63) is 78.9 Å². The maximum Gasteiger partial charge on any atom is 0 e. The van der Waals surface area contributed by atoms with E-state index in [1.165, 1.54) is 13.2 Å². The molecule has 0 heterocycles. The van der Waals surface area contributed by atoms with Crippen LogP contribution in [0.15, 0.2) is 78.9 Å². The molecule has 0 radical (unpaired) electrons. The van der Waals surface area contributed by atoms with Gasteiger partial charge in [-0.2, -0.15) is 0 Å². The van der Waals surface area contributed by atoms with E-state index in [1.807, 2.05) is 6.07 Å². The van der Waals surface area contributed by atoms with Crippen molar-refractivity contribution in [3.63, 3.8) is 0 Å². The van der Waals surface area contributed by atoms with Crippen LogP contribution in [0, 0.1) is 0 Å². The van der Waals surface area contributed by atoms with Gasteiger partial charge in [0, 0.05) is 17.1 Å². The number of hydrogen-bond donors (Lipinski definition) is 0. The summed E-state index contributed by atoms with van der Waals surface area (Å²) in [7, 11) is 7.19. The maximum atomic E-state index is 7.19. The van der Waals surface area contributed by atoms with Gasteiger partial charge in [-0.3, -0.25) is 0 Å². The predicted molar refractivity (Wildman–Crippen MR) is 81.0 cm³/mol. The quantitative estimate of drug-likeness (QED) is 0.491. The van der Waals surface area contributed by atoms with Gasteiger partial charge in [0.2, 0.25) is 0 Å². The van der Waals surface area contributed by atoms with E-state index in [0.29, 0.717) is 0 Å². The summed E-state index contributed by atoms with van der Waals surface area (Å²) >= 11 is -2.90. The van der Waals surface area contributed by atoms with Gasteiger partial charge in [-0.1, -0.05) is 0 Å². The van der Waals surface area contributed by atoms with Gasteiger partial charge in [0.25, 0.3) is 0 Å². The van der Waals surface area contributed by atoms with Crippen LogP contribution in [-0.2, 0) is 17.1 Å². The minimum atomic E-state index is -2.90. The van der Waals surface area contributed by atoms with Crippen LogP contribution >= 0.6 is 10.0 Å². The summed E-state index contributed by atoms with van der Waals surface area (Å²) in [5.74, 6) is 0. The van der Waals surface area contributed by atoms with Crippen LogP contribution in [0.25, 0.3) is 0 Å². The molecule has 0 bridgehead atoms. The fourth-order valence-corrected chi connectivity index (χ4v) is 10.5. The van der Waals surface area contributed by atoms with E-state index in [0.717, 1.165) is 0 Å². The monoisotopic (exact) mass is 370 g/mol. The molecule has 0 atom stereocenters. The Kier molecular flexibility index (Phi) is 4.75. The summed E-state index contributed by atoms with van der Waals surface area (Å²) < 4.78 is 3.89. The number of benzene rings is 1. The van der Waals surface area contributed by atoms with Crippen molar-refractivity contribution in [2.45, 2.75) is 0 Å². The molecule has 0 amide bonds.